The molecule has 2 fully saturated rings. The van der Waals surface area contributed by atoms with Crippen LogP contribution in [0.4, 0.5) is 0 Å². The highest BCUT2D eigenvalue weighted by Gasteiger charge is 2.39. The minimum atomic E-state index is 0.597. The lowest BCUT2D eigenvalue weighted by molar-refractivity contribution is 0.182. The molecule has 0 aliphatic carbocycles. The Morgan fingerprint density at radius 3 is 2.38 bits per heavy atom. The summed E-state index contributed by atoms with van der Waals surface area (Å²) in [6.45, 7) is 5.25. The number of hydrogen-bond acceptors (Lipinski definition) is 1. The van der Waals surface area contributed by atoms with Crippen molar-refractivity contribution in [1.29, 1.82) is 0 Å². The van der Waals surface area contributed by atoms with Crippen molar-refractivity contribution >= 4 is 6.92 Å². The van der Waals surface area contributed by atoms with E-state index in [1.54, 1.807) is 0 Å². The number of fused-ring (bicyclic) bond motifs is 3. The fourth-order valence-electron chi connectivity index (χ4n) is 3.77. The van der Waals surface area contributed by atoms with Gasteiger partial charge in [0.15, 0.2) is 0 Å². The molecule has 1 unspecified atom stereocenters. The van der Waals surface area contributed by atoms with E-state index < -0.39 is 0 Å². The molecule has 0 aromatic rings. The average Bonchev–Trinajstić information content (AvgIpc) is 2.57. The molecular weight excluding hydrogens is 195 g/mol. The van der Waals surface area contributed by atoms with Crippen LogP contribution in [0, 0.1) is 0 Å². The molecular formula is C14H27BO. The minimum absolute atomic E-state index is 0.597. The van der Waals surface area contributed by atoms with Gasteiger partial charge in [-0.15, -0.1) is 0 Å². The van der Waals surface area contributed by atoms with Gasteiger partial charge in [-0.25, -0.2) is 0 Å². The molecule has 2 saturated heterocycles. The summed E-state index contributed by atoms with van der Waals surface area (Å²) in [4.78, 5) is 0. The SMILES string of the molecule is CCCC(CC)B1OC2CCCC1CCC2. The molecule has 0 aromatic heterocycles. The first-order valence-corrected chi connectivity index (χ1v) is 7.50. The van der Waals surface area contributed by atoms with Gasteiger partial charge in [0, 0.05) is 6.10 Å². The largest absolute Gasteiger partial charge is 0.433 e. The Morgan fingerprint density at radius 2 is 1.81 bits per heavy atom. The van der Waals surface area contributed by atoms with Crippen LogP contribution in [0.5, 0.6) is 0 Å². The molecule has 2 bridgehead atoms. The monoisotopic (exact) mass is 222 g/mol. The highest BCUT2D eigenvalue weighted by Crippen LogP contribution is 2.42. The normalized spacial score (nSPS) is 32.2. The van der Waals surface area contributed by atoms with Gasteiger partial charge < -0.3 is 4.65 Å². The predicted molar refractivity (Wildman–Crippen MR) is 71.0 cm³/mol. The van der Waals surface area contributed by atoms with Gasteiger partial charge in [-0.1, -0.05) is 58.8 Å². The molecule has 2 aliphatic heterocycles. The van der Waals surface area contributed by atoms with Crippen molar-refractivity contribution in [3.63, 3.8) is 0 Å². The van der Waals surface area contributed by atoms with E-state index in [1.165, 1.54) is 57.8 Å². The third-order valence-electron chi connectivity index (χ3n) is 4.66. The van der Waals surface area contributed by atoms with Gasteiger partial charge in [0.1, 0.15) is 0 Å². The molecule has 0 amide bonds. The lowest BCUT2D eigenvalue weighted by atomic mass is 9.44. The lowest BCUT2D eigenvalue weighted by Gasteiger charge is -2.27. The van der Waals surface area contributed by atoms with Gasteiger partial charge >= 0.3 is 0 Å². The summed E-state index contributed by atoms with van der Waals surface area (Å²) in [6, 6.07) is 0. The molecule has 0 saturated carbocycles. The molecule has 2 rings (SSSR count). The van der Waals surface area contributed by atoms with Crippen LogP contribution in [0.15, 0.2) is 0 Å². The minimum Gasteiger partial charge on any atom is -0.433 e. The highest BCUT2D eigenvalue weighted by atomic mass is 16.4. The maximum atomic E-state index is 6.44. The Morgan fingerprint density at radius 1 is 1.12 bits per heavy atom. The van der Waals surface area contributed by atoms with Crippen LogP contribution in [0.2, 0.25) is 11.6 Å². The maximum absolute atomic E-state index is 6.44. The van der Waals surface area contributed by atoms with E-state index in [0.29, 0.717) is 13.0 Å². The Hall–Kier alpha value is 0.0249. The van der Waals surface area contributed by atoms with Crippen LogP contribution in [0.25, 0.3) is 0 Å². The van der Waals surface area contributed by atoms with Gasteiger partial charge in [0.25, 0.3) is 6.92 Å². The van der Waals surface area contributed by atoms with Gasteiger partial charge in [-0.05, 0) is 24.5 Å². The zero-order chi connectivity index (χ0) is 11.4. The molecule has 2 aliphatic rings. The third-order valence-corrected chi connectivity index (χ3v) is 4.66. The zero-order valence-corrected chi connectivity index (χ0v) is 11.1. The number of rotatable bonds is 4. The van der Waals surface area contributed by atoms with Crippen LogP contribution in [-0.2, 0) is 4.65 Å². The van der Waals surface area contributed by atoms with E-state index >= 15 is 0 Å². The Bertz CT molecular complexity index is 197. The summed E-state index contributed by atoms with van der Waals surface area (Å²) in [5.74, 6) is 1.71. The summed E-state index contributed by atoms with van der Waals surface area (Å²) < 4.78 is 6.44. The lowest BCUT2D eigenvalue weighted by Crippen LogP contribution is -2.31. The van der Waals surface area contributed by atoms with Gasteiger partial charge in [0.05, 0.1) is 0 Å². The summed E-state index contributed by atoms with van der Waals surface area (Å²) in [7, 11) is 0. The fourth-order valence-corrected chi connectivity index (χ4v) is 3.77. The van der Waals surface area contributed by atoms with Crippen molar-refractivity contribution in [2.75, 3.05) is 0 Å². The van der Waals surface area contributed by atoms with E-state index in [2.05, 4.69) is 13.8 Å². The van der Waals surface area contributed by atoms with Crippen molar-refractivity contribution in [1.82, 2.24) is 0 Å². The maximum Gasteiger partial charge on any atom is 0.299 e. The van der Waals surface area contributed by atoms with Crippen LogP contribution >= 0.6 is 0 Å². The molecule has 2 heterocycles. The second-order valence-electron chi connectivity index (χ2n) is 5.80. The number of hydrogen-bond donors (Lipinski definition) is 0. The van der Waals surface area contributed by atoms with Crippen molar-refractivity contribution in [2.45, 2.75) is 89.4 Å². The van der Waals surface area contributed by atoms with Crippen LogP contribution in [-0.4, -0.2) is 13.0 Å². The highest BCUT2D eigenvalue weighted by molar-refractivity contribution is 6.55. The molecule has 1 nitrogen and oxygen atoms in total. The molecule has 92 valence electrons. The fraction of sp³-hybridized carbons (Fsp3) is 1.00. The smallest absolute Gasteiger partial charge is 0.299 e. The molecule has 0 N–H and O–H groups in total. The van der Waals surface area contributed by atoms with Crippen LogP contribution < -0.4 is 0 Å². The van der Waals surface area contributed by atoms with Gasteiger partial charge in [-0.3, -0.25) is 0 Å². The van der Waals surface area contributed by atoms with E-state index in [9.17, 15) is 0 Å². The van der Waals surface area contributed by atoms with Gasteiger partial charge in [-0.2, -0.15) is 0 Å². The van der Waals surface area contributed by atoms with E-state index in [-0.39, 0.29) is 0 Å². The molecule has 0 aromatic carbocycles. The van der Waals surface area contributed by atoms with Crippen molar-refractivity contribution in [3.05, 3.63) is 0 Å². The molecule has 0 spiro atoms. The second-order valence-corrected chi connectivity index (χ2v) is 5.80. The summed E-state index contributed by atoms with van der Waals surface area (Å²) in [6.07, 6.45) is 12.9. The molecule has 16 heavy (non-hydrogen) atoms. The van der Waals surface area contributed by atoms with Crippen LogP contribution in [0.3, 0.4) is 0 Å². The standard InChI is InChI=1S/C14H27BO/c1-3-7-12(4-2)15-13-8-5-10-14(16-15)11-6-9-13/h12-14H,3-11H2,1-2H3. The second kappa shape index (κ2) is 6.09. The Kier molecular flexibility index (Phi) is 4.75. The Labute approximate surface area is 101 Å². The first-order valence-electron chi connectivity index (χ1n) is 7.50. The Balaban J connectivity index is 2.05. The molecule has 1 atom stereocenters. The topological polar surface area (TPSA) is 9.23 Å². The third kappa shape index (κ3) is 2.82. The zero-order valence-electron chi connectivity index (χ0n) is 11.1. The summed E-state index contributed by atoms with van der Waals surface area (Å²) in [5.41, 5.74) is 0. The first kappa shape index (κ1) is 12.5. The predicted octanol–water partition coefficient (Wildman–Crippen LogP) is 4.68. The van der Waals surface area contributed by atoms with Crippen molar-refractivity contribution < 1.29 is 4.65 Å². The van der Waals surface area contributed by atoms with Crippen molar-refractivity contribution in [3.8, 4) is 0 Å². The van der Waals surface area contributed by atoms with E-state index in [4.69, 9.17) is 4.65 Å². The van der Waals surface area contributed by atoms with Crippen molar-refractivity contribution in [2.24, 2.45) is 0 Å². The molecule has 2 heteroatoms. The van der Waals surface area contributed by atoms with E-state index in [0.717, 1.165) is 11.6 Å². The summed E-state index contributed by atoms with van der Waals surface area (Å²) >= 11 is 0. The first-order chi connectivity index (χ1) is 7.85. The summed E-state index contributed by atoms with van der Waals surface area (Å²) in [5, 5.41) is 0. The van der Waals surface area contributed by atoms with Gasteiger partial charge in [0.2, 0.25) is 0 Å². The molecule has 0 radical (unpaired) electrons. The van der Waals surface area contributed by atoms with E-state index in [1.807, 2.05) is 0 Å². The average molecular weight is 222 g/mol. The van der Waals surface area contributed by atoms with Crippen LogP contribution in [0.1, 0.15) is 71.6 Å². The quantitative estimate of drug-likeness (QED) is 0.627.